The van der Waals surface area contributed by atoms with Gasteiger partial charge in [0, 0.05) is 21.0 Å². The molecular formula is C34H19BrN2O. The van der Waals surface area contributed by atoms with E-state index >= 15 is 0 Å². The number of furan rings is 1. The molecule has 3 nitrogen and oxygen atoms in total. The maximum Gasteiger partial charge on any atom is 0.246 e. The zero-order chi connectivity index (χ0) is 25.2. The van der Waals surface area contributed by atoms with Gasteiger partial charge in [-0.15, -0.1) is 0 Å². The van der Waals surface area contributed by atoms with Crippen LogP contribution in [0.1, 0.15) is 0 Å². The van der Waals surface area contributed by atoms with Gasteiger partial charge in [-0.2, -0.15) is 0 Å². The molecule has 38 heavy (non-hydrogen) atoms. The summed E-state index contributed by atoms with van der Waals surface area (Å²) in [6, 6.07) is 40.0. The summed E-state index contributed by atoms with van der Waals surface area (Å²) in [5, 5.41) is 8.10. The van der Waals surface area contributed by atoms with Crippen LogP contribution in [-0.4, -0.2) is 9.97 Å². The Bertz CT molecular complexity index is 2210. The molecular weight excluding hydrogens is 532 g/mol. The van der Waals surface area contributed by atoms with E-state index in [-0.39, 0.29) is 0 Å². The summed E-state index contributed by atoms with van der Waals surface area (Å²) in [7, 11) is 0. The number of benzene rings is 6. The highest BCUT2D eigenvalue weighted by Gasteiger charge is 2.20. The van der Waals surface area contributed by atoms with Crippen molar-refractivity contribution < 1.29 is 4.42 Å². The molecule has 0 spiro atoms. The van der Waals surface area contributed by atoms with Gasteiger partial charge in [0.2, 0.25) is 5.71 Å². The maximum absolute atomic E-state index is 6.18. The van der Waals surface area contributed by atoms with Crippen LogP contribution < -0.4 is 0 Å². The quantitative estimate of drug-likeness (QED) is 0.201. The molecule has 0 aliphatic carbocycles. The van der Waals surface area contributed by atoms with Gasteiger partial charge in [-0.25, -0.2) is 9.97 Å². The fourth-order valence-electron chi connectivity index (χ4n) is 5.54. The highest BCUT2D eigenvalue weighted by atomic mass is 79.9. The van der Waals surface area contributed by atoms with Gasteiger partial charge >= 0.3 is 0 Å². The summed E-state index contributed by atoms with van der Waals surface area (Å²) in [6.07, 6.45) is 0. The monoisotopic (exact) mass is 550 g/mol. The Hall–Kier alpha value is -4.54. The molecule has 0 saturated carbocycles. The molecule has 6 aromatic carbocycles. The van der Waals surface area contributed by atoms with E-state index < -0.39 is 0 Å². The van der Waals surface area contributed by atoms with Crippen LogP contribution in [0.4, 0.5) is 0 Å². The molecule has 0 unspecified atom stereocenters. The predicted octanol–water partition coefficient (Wildman–Crippen LogP) is 9.93. The second-order valence-electron chi connectivity index (χ2n) is 9.54. The van der Waals surface area contributed by atoms with E-state index in [0.717, 1.165) is 54.2 Å². The molecule has 0 saturated heterocycles. The molecule has 0 aliphatic heterocycles. The van der Waals surface area contributed by atoms with Crippen LogP contribution in [-0.2, 0) is 0 Å². The Balaban J connectivity index is 1.47. The lowest BCUT2D eigenvalue weighted by atomic mass is 9.95. The number of hydrogen-bond acceptors (Lipinski definition) is 3. The average molecular weight is 551 g/mol. The molecule has 4 heteroatoms. The van der Waals surface area contributed by atoms with E-state index in [2.05, 4.69) is 107 Å². The topological polar surface area (TPSA) is 38.9 Å². The summed E-state index contributed by atoms with van der Waals surface area (Å²) in [6.45, 7) is 0. The summed E-state index contributed by atoms with van der Waals surface area (Å²) in [5.41, 5.74) is 5.80. The largest absolute Gasteiger partial charge is 0.436 e. The van der Waals surface area contributed by atoms with Crippen molar-refractivity contribution in [3.63, 3.8) is 0 Å². The van der Waals surface area contributed by atoms with Gasteiger partial charge in [-0.05, 0) is 56.6 Å². The van der Waals surface area contributed by atoms with E-state index in [1.807, 2.05) is 24.3 Å². The Morgan fingerprint density at radius 1 is 0.526 bits per heavy atom. The Labute approximate surface area is 226 Å². The first kappa shape index (κ1) is 21.5. The van der Waals surface area contributed by atoms with E-state index in [1.54, 1.807) is 0 Å². The molecule has 0 aliphatic rings. The molecule has 8 rings (SSSR count). The second kappa shape index (κ2) is 8.23. The number of hydrogen-bond donors (Lipinski definition) is 0. The molecule has 0 atom stereocenters. The van der Waals surface area contributed by atoms with Crippen molar-refractivity contribution in [1.82, 2.24) is 9.97 Å². The highest BCUT2D eigenvalue weighted by Crippen LogP contribution is 2.40. The molecule has 2 aromatic heterocycles. The lowest BCUT2D eigenvalue weighted by Crippen LogP contribution is -1.95. The molecule has 0 bridgehead atoms. The third-order valence-corrected chi connectivity index (χ3v) is 8.05. The van der Waals surface area contributed by atoms with Crippen molar-refractivity contribution in [3.8, 4) is 22.5 Å². The van der Waals surface area contributed by atoms with E-state index in [1.165, 1.54) is 21.5 Å². The van der Waals surface area contributed by atoms with Crippen LogP contribution in [0.2, 0.25) is 0 Å². The minimum atomic E-state index is 0.545. The lowest BCUT2D eigenvalue weighted by molar-refractivity contribution is 0.653. The molecule has 0 fully saturated rings. The molecule has 2 heterocycles. The highest BCUT2D eigenvalue weighted by molar-refractivity contribution is 9.10. The molecule has 0 amide bonds. The maximum atomic E-state index is 6.18. The van der Waals surface area contributed by atoms with E-state index in [0.29, 0.717) is 5.71 Å². The van der Waals surface area contributed by atoms with Crippen molar-refractivity contribution in [2.45, 2.75) is 0 Å². The molecule has 8 aromatic rings. The van der Waals surface area contributed by atoms with Gasteiger partial charge in [0.1, 0.15) is 16.8 Å². The summed E-state index contributed by atoms with van der Waals surface area (Å²) >= 11 is 3.72. The number of rotatable bonds is 2. The Morgan fingerprint density at radius 2 is 1.24 bits per heavy atom. The molecule has 178 valence electrons. The van der Waals surface area contributed by atoms with Crippen LogP contribution >= 0.6 is 15.9 Å². The molecule has 0 N–H and O–H groups in total. The summed E-state index contributed by atoms with van der Waals surface area (Å²) in [4.78, 5) is 10.4. The van der Waals surface area contributed by atoms with E-state index in [4.69, 9.17) is 14.4 Å². The smallest absolute Gasteiger partial charge is 0.246 e. The first-order chi connectivity index (χ1) is 18.7. The Kier molecular flexibility index (Phi) is 4.67. The number of aromatic nitrogens is 2. The van der Waals surface area contributed by atoms with Gasteiger partial charge in [0.05, 0.1) is 5.69 Å². The number of fused-ring (bicyclic) bond motifs is 7. The van der Waals surface area contributed by atoms with Gasteiger partial charge in [-0.1, -0.05) is 107 Å². The van der Waals surface area contributed by atoms with Crippen LogP contribution in [0, 0.1) is 0 Å². The SMILES string of the molecule is Brc1ccc(-c2nc3oc4ccccc4c3nc2-c2ccc3c(ccc4ccccc43)c2)c2ccccc12. The number of nitrogens with zero attached hydrogens (tertiary/aromatic N) is 2. The van der Waals surface area contributed by atoms with Gasteiger partial charge in [0.25, 0.3) is 0 Å². The van der Waals surface area contributed by atoms with Crippen molar-refractivity contribution in [2.75, 3.05) is 0 Å². The van der Waals surface area contributed by atoms with Gasteiger partial charge < -0.3 is 4.42 Å². The molecule has 0 radical (unpaired) electrons. The third-order valence-electron chi connectivity index (χ3n) is 7.36. The summed E-state index contributed by atoms with van der Waals surface area (Å²) < 4.78 is 7.23. The van der Waals surface area contributed by atoms with Crippen LogP contribution in [0.3, 0.4) is 0 Å². The first-order valence-electron chi connectivity index (χ1n) is 12.5. The Morgan fingerprint density at radius 3 is 2.13 bits per heavy atom. The number of para-hydroxylation sites is 1. The van der Waals surface area contributed by atoms with Crippen LogP contribution in [0.15, 0.2) is 124 Å². The minimum Gasteiger partial charge on any atom is -0.436 e. The zero-order valence-corrected chi connectivity index (χ0v) is 21.7. The number of halogens is 1. The average Bonchev–Trinajstić information content (AvgIpc) is 3.34. The minimum absolute atomic E-state index is 0.545. The fraction of sp³-hybridized carbons (Fsp3) is 0. The lowest BCUT2D eigenvalue weighted by Gasteiger charge is -2.13. The van der Waals surface area contributed by atoms with Crippen molar-refractivity contribution in [2.24, 2.45) is 0 Å². The van der Waals surface area contributed by atoms with Crippen molar-refractivity contribution >= 4 is 70.4 Å². The van der Waals surface area contributed by atoms with Gasteiger partial charge in [0.15, 0.2) is 0 Å². The van der Waals surface area contributed by atoms with Crippen LogP contribution in [0.5, 0.6) is 0 Å². The third kappa shape index (κ3) is 3.20. The van der Waals surface area contributed by atoms with Gasteiger partial charge in [-0.3, -0.25) is 0 Å². The standard InChI is InChI=1S/C34H19BrN2O/c35-29-18-17-27(25-9-3-4-10-26(25)29)32-31(36-33-28-11-5-6-12-30(28)38-34(33)37-32)22-15-16-24-21(19-22)14-13-20-7-1-2-8-23(20)24/h1-19H. The summed E-state index contributed by atoms with van der Waals surface area (Å²) in [5.74, 6) is 0. The normalized spacial score (nSPS) is 11.8. The zero-order valence-electron chi connectivity index (χ0n) is 20.2. The second-order valence-corrected chi connectivity index (χ2v) is 10.4. The van der Waals surface area contributed by atoms with Crippen molar-refractivity contribution in [1.29, 1.82) is 0 Å². The van der Waals surface area contributed by atoms with Crippen molar-refractivity contribution in [3.05, 3.63) is 120 Å². The van der Waals surface area contributed by atoms with Crippen LogP contribution in [0.25, 0.3) is 77.0 Å². The predicted molar refractivity (Wildman–Crippen MR) is 160 cm³/mol. The fourth-order valence-corrected chi connectivity index (χ4v) is 6.02. The van der Waals surface area contributed by atoms with E-state index in [9.17, 15) is 0 Å². The first-order valence-corrected chi connectivity index (χ1v) is 13.3.